The lowest BCUT2D eigenvalue weighted by molar-refractivity contribution is 0.0173. The molecule has 0 amide bonds. The Labute approximate surface area is 209 Å². The van der Waals surface area contributed by atoms with Gasteiger partial charge in [0.2, 0.25) is 0 Å². The zero-order valence-corrected chi connectivity index (χ0v) is 19.9. The van der Waals surface area contributed by atoms with Crippen LogP contribution in [0.2, 0.25) is 0 Å². The molecule has 0 unspecified atom stereocenters. The summed E-state index contributed by atoms with van der Waals surface area (Å²) in [6.07, 6.45) is 5.27. The molecule has 0 atom stereocenters. The Hall–Kier alpha value is -4.80. The molecule has 0 saturated heterocycles. The minimum Gasteiger partial charge on any atom is -0.354 e. The molecule has 4 heterocycles. The van der Waals surface area contributed by atoms with Crippen LogP contribution in [0.25, 0.3) is 28.1 Å². The molecular formula is C26H21F3N8. The molecule has 1 aromatic carbocycles. The number of hydrogen-bond acceptors (Lipinski definition) is 7. The van der Waals surface area contributed by atoms with Crippen molar-refractivity contribution in [2.24, 2.45) is 0 Å². The number of rotatable bonds is 7. The number of alkyl halides is 2. The number of fused-ring (bicyclic) bond motifs is 1. The van der Waals surface area contributed by atoms with E-state index in [0.717, 1.165) is 18.7 Å². The predicted molar refractivity (Wildman–Crippen MR) is 136 cm³/mol. The minimum absolute atomic E-state index is 0.155. The van der Waals surface area contributed by atoms with Crippen LogP contribution in [0.15, 0.2) is 68.0 Å². The Balaban J connectivity index is 1.45. The molecule has 11 heteroatoms. The number of nitrogens with one attached hydrogen (secondary N) is 3. The van der Waals surface area contributed by atoms with E-state index in [0.29, 0.717) is 51.0 Å². The number of halogens is 3. The maximum absolute atomic E-state index is 14.2. The molecule has 0 aliphatic rings. The molecule has 0 spiro atoms. The van der Waals surface area contributed by atoms with Crippen LogP contribution in [0, 0.1) is 12.7 Å². The van der Waals surface area contributed by atoms with Crippen LogP contribution >= 0.6 is 0 Å². The highest BCUT2D eigenvalue weighted by molar-refractivity contribution is 5.91. The second-order valence-electron chi connectivity index (χ2n) is 8.45. The minimum atomic E-state index is -3.00. The van der Waals surface area contributed by atoms with Crippen LogP contribution in [-0.2, 0) is 5.92 Å². The van der Waals surface area contributed by atoms with Crippen molar-refractivity contribution in [3.63, 3.8) is 0 Å². The Morgan fingerprint density at radius 3 is 2.68 bits per heavy atom. The van der Waals surface area contributed by atoms with Gasteiger partial charge in [-0.15, -0.1) is 0 Å². The standard InChI is InChI=1S/C26H21F3N8/c1-14-4-5-18(36-15(2)21-8-16(6-7-30-21)26(3,28)29)10-20(14)37-24-19(9-17(27)11-31-24)22-23-25(34-12-32-22)35-13-33-23/h4-13,36H,2H2,1,3H3,(H,31,37)(H,32,33,34,35). The first-order chi connectivity index (χ1) is 17.7. The summed E-state index contributed by atoms with van der Waals surface area (Å²) in [7, 11) is 0. The average Bonchev–Trinajstić information content (AvgIpc) is 3.36. The van der Waals surface area contributed by atoms with Crippen LogP contribution in [0.3, 0.4) is 0 Å². The molecule has 0 aliphatic heterocycles. The van der Waals surface area contributed by atoms with Crippen molar-refractivity contribution < 1.29 is 13.2 Å². The van der Waals surface area contributed by atoms with E-state index in [-0.39, 0.29) is 5.56 Å². The van der Waals surface area contributed by atoms with Crippen molar-refractivity contribution in [3.05, 3.63) is 90.7 Å². The topological polar surface area (TPSA) is 104 Å². The first kappa shape index (κ1) is 23.9. The van der Waals surface area contributed by atoms with Gasteiger partial charge in [-0.3, -0.25) is 4.98 Å². The molecule has 8 nitrogen and oxygen atoms in total. The highest BCUT2D eigenvalue weighted by Crippen LogP contribution is 2.33. The third-order valence-electron chi connectivity index (χ3n) is 5.69. The molecule has 186 valence electrons. The molecule has 0 fully saturated rings. The van der Waals surface area contributed by atoms with Gasteiger partial charge in [0.25, 0.3) is 5.92 Å². The molecule has 0 radical (unpaired) electrons. The fourth-order valence-corrected chi connectivity index (χ4v) is 3.76. The number of hydrogen-bond donors (Lipinski definition) is 3. The van der Waals surface area contributed by atoms with Gasteiger partial charge in [-0.1, -0.05) is 12.6 Å². The molecule has 5 rings (SSSR count). The van der Waals surface area contributed by atoms with E-state index in [4.69, 9.17) is 0 Å². The van der Waals surface area contributed by atoms with Gasteiger partial charge >= 0.3 is 0 Å². The highest BCUT2D eigenvalue weighted by Gasteiger charge is 2.25. The number of aromatic nitrogens is 6. The lowest BCUT2D eigenvalue weighted by atomic mass is 10.1. The number of benzene rings is 1. The van der Waals surface area contributed by atoms with E-state index in [9.17, 15) is 13.2 Å². The van der Waals surface area contributed by atoms with Gasteiger partial charge in [-0.2, -0.15) is 0 Å². The molecule has 0 bridgehead atoms. The molecule has 5 aromatic rings. The molecule has 37 heavy (non-hydrogen) atoms. The molecule has 0 saturated carbocycles. The van der Waals surface area contributed by atoms with Crippen LogP contribution < -0.4 is 10.6 Å². The summed E-state index contributed by atoms with van der Waals surface area (Å²) >= 11 is 0. The van der Waals surface area contributed by atoms with Crippen molar-refractivity contribution in [2.45, 2.75) is 19.8 Å². The normalized spacial score (nSPS) is 11.5. The van der Waals surface area contributed by atoms with Gasteiger partial charge in [0, 0.05) is 35.6 Å². The summed E-state index contributed by atoms with van der Waals surface area (Å²) in [4.78, 5) is 23.9. The summed E-state index contributed by atoms with van der Waals surface area (Å²) in [5.41, 5.74) is 4.54. The van der Waals surface area contributed by atoms with Gasteiger partial charge in [-0.05, 0) is 42.8 Å². The Morgan fingerprint density at radius 1 is 1.03 bits per heavy atom. The fraction of sp³-hybridized carbons (Fsp3) is 0.115. The molecule has 3 N–H and O–H groups in total. The summed E-state index contributed by atoms with van der Waals surface area (Å²) in [5.74, 6) is -3.15. The lowest BCUT2D eigenvalue weighted by Gasteiger charge is -2.16. The SMILES string of the molecule is C=C(Nc1ccc(C)c(Nc2ncc(F)cc2-c2ncnc3nc[nH]c23)c1)c1cc(C(C)(F)F)ccn1. The number of aromatic amines is 1. The third kappa shape index (κ3) is 4.96. The van der Waals surface area contributed by atoms with Gasteiger partial charge in [0.1, 0.15) is 29.2 Å². The molecular weight excluding hydrogens is 481 g/mol. The fourth-order valence-electron chi connectivity index (χ4n) is 3.76. The maximum Gasteiger partial charge on any atom is 0.270 e. The van der Waals surface area contributed by atoms with E-state index in [1.165, 1.54) is 37.1 Å². The summed E-state index contributed by atoms with van der Waals surface area (Å²) in [6.45, 7) is 6.68. The quantitative estimate of drug-likeness (QED) is 0.244. The highest BCUT2D eigenvalue weighted by atomic mass is 19.3. The average molecular weight is 503 g/mol. The summed E-state index contributed by atoms with van der Waals surface area (Å²) in [6, 6.07) is 9.39. The van der Waals surface area contributed by atoms with Gasteiger partial charge in [0.05, 0.1) is 23.9 Å². The predicted octanol–water partition coefficient (Wildman–Crippen LogP) is 6.20. The zero-order valence-electron chi connectivity index (χ0n) is 19.9. The van der Waals surface area contributed by atoms with Gasteiger partial charge in [-0.25, -0.2) is 33.1 Å². The monoisotopic (exact) mass is 502 g/mol. The first-order valence-corrected chi connectivity index (χ1v) is 11.2. The van der Waals surface area contributed by atoms with Crippen molar-refractivity contribution >= 4 is 34.1 Å². The van der Waals surface area contributed by atoms with Gasteiger partial charge in [0.15, 0.2) is 5.65 Å². The zero-order chi connectivity index (χ0) is 26.2. The van der Waals surface area contributed by atoms with E-state index < -0.39 is 11.7 Å². The Kier molecular flexibility index (Phi) is 6.04. The Bertz CT molecular complexity index is 1620. The third-order valence-corrected chi connectivity index (χ3v) is 5.69. The second-order valence-corrected chi connectivity index (χ2v) is 8.45. The second kappa shape index (κ2) is 9.34. The molecule has 4 aromatic heterocycles. The van der Waals surface area contributed by atoms with E-state index in [1.54, 1.807) is 6.07 Å². The number of aryl methyl sites for hydroxylation is 1. The van der Waals surface area contributed by atoms with E-state index in [1.807, 2.05) is 19.1 Å². The number of pyridine rings is 2. The van der Waals surface area contributed by atoms with Crippen molar-refractivity contribution in [1.29, 1.82) is 0 Å². The summed E-state index contributed by atoms with van der Waals surface area (Å²) < 4.78 is 41.7. The maximum atomic E-state index is 14.2. The van der Waals surface area contributed by atoms with Gasteiger partial charge < -0.3 is 15.6 Å². The smallest absolute Gasteiger partial charge is 0.270 e. The largest absolute Gasteiger partial charge is 0.354 e. The van der Waals surface area contributed by atoms with Crippen LogP contribution in [0.4, 0.5) is 30.4 Å². The summed E-state index contributed by atoms with van der Waals surface area (Å²) in [5, 5.41) is 6.36. The van der Waals surface area contributed by atoms with Crippen LogP contribution in [0.1, 0.15) is 23.7 Å². The van der Waals surface area contributed by atoms with Crippen molar-refractivity contribution in [1.82, 2.24) is 29.9 Å². The molecule has 0 aliphatic carbocycles. The van der Waals surface area contributed by atoms with Crippen molar-refractivity contribution in [3.8, 4) is 11.3 Å². The number of H-pyrrole nitrogens is 1. The number of nitrogens with zero attached hydrogens (tertiary/aromatic N) is 5. The van der Waals surface area contributed by atoms with Crippen molar-refractivity contribution in [2.75, 3.05) is 10.6 Å². The number of anilines is 3. The van der Waals surface area contributed by atoms with E-state index in [2.05, 4.69) is 47.1 Å². The number of imidazole rings is 1. The lowest BCUT2D eigenvalue weighted by Crippen LogP contribution is -2.09. The van der Waals surface area contributed by atoms with Crippen LogP contribution in [-0.4, -0.2) is 29.9 Å². The Morgan fingerprint density at radius 2 is 1.86 bits per heavy atom. The first-order valence-electron chi connectivity index (χ1n) is 11.2. The van der Waals surface area contributed by atoms with Crippen LogP contribution in [0.5, 0.6) is 0 Å². The van der Waals surface area contributed by atoms with E-state index >= 15 is 0 Å².